The summed E-state index contributed by atoms with van der Waals surface area (Å²) in [7, 11) is 1.24. The van der Waals surface area contributed by atoms with Crippen LogP contribution in [0.5, 0.6) is 0 Å². The topological polar surface area (TPSA) is 160 Å². The number of aliphatic carboxylic acids is 1. The number of hydrogen-bond acceptors (Lipinski definition) is 10. The van der Waals surface area contributed by atoms with Crippen molar-refractivity contribution in [3.05, 3.63) is 22.3 Å². The molecular weight excluding hydrogens is 510 g/mol. The van der Waals surface area contributed by atoms with Gasteiger partial charge < -0.3 is 20.0 Å². The lowest BCUT2D eigenvalue weighted by atomic mass is 10.0. The SMILES string of the molecule is CON=C(C(=O)N[C@@H]1C(=O)N2C(C(=O)O)=C(CCl)CS[C@H]12)c1csc(NC(=O)OC(C)(C)C)n1. The molecule has 0 aliphatic carbocycles. The molecule has 0 spiro atoms. The van der Waals surface area contributed by atoms with Gasteiger partial charge in [-0.1, -0.05) is 5.16 Å². The van der Waals surface area contributed by atoms with Gasteiger partial charge in [-0.15, -0.1) is 34.7 Å². The van der Waals surface area contributed by atoms with E-state index in [1.807, 2.05) is 0 Å². The van der Waals surface area contributed by atoms with Gasteiger partial charge in [-0.25, -0.2) is 14.6 Å². The second kappa shape index (κ2) is 10.2. The average molecular weight is 532 g/mol. The minimum Gasteiger partial charge on any atom is -0.477 e. The summed E-state index contributed by atoms with van der Waals surface area (Å²) in [6.07, 6.45) is -0.712. The Morgan fingerprint density at radius 2 is 2.09 bits per heavy atom. The maximum atomic E-state index is 12.9. The number of β-lactam (4-membered cyclic amide) rings is 1. The number of nitrogens with zero attached hydrogens (tertiary/aromatic N) is 3. The van der Waals surface area contributed by atoms with Crippen LogP contribution in [-0.4, -0.2) is 80.3 Å². The Bertz CT molecular complexity index is 1080. The summed E-state index contributed by atoms with van der Waals surface area (Å²) in [6, 6.07) is -0.969. The number of carboxylic acids is 1. The number of halogens is 1. The Hall–Kier alpha value is -2.84. The molecule has 15 heteroatoms. The van der Waals surface area contributed by atoms with E-state index in [2.05, 4.69) is 20.8 Å². The number of aromatic nitrogens is 1. The van der Waals surface area contributed by atoms with Crippen LogP contribution in [0, 0.1) is 0 Å². The van der Waals surface area contributed by atoms with Gasteiger partial charge in [-0.05, 0) is 26.3 Å². The van der Waals surface area contributed by atoms with Gasteiger partial charge in [0, 0.05) is 17.0 Å². The van der Waals surface area contributed by atoms with Crippen molar-refractivity contribution in [1.29, 1.82) is 0 Å². The molecule has 2 atom stereocenters. The first-order chi connectivity index (χ1) is 16.0. The number of rotatable bonds is 7. The van der Waals surface area contributed by atoms with E-state index in [1.165, 1.54) is 24.3 Å². The summed E-state index contributed by atoms with van der Waals surface area (Å²) >= 11 is 8.15. The second-order valence-electron chi connectivity index (χ2n) is 8.04. The molecule has 3 rings (SSSR count). The molecule has 1 saturated heterocycles. The van der Waals surface area contributed by atoms with E-state index < -0.39 is 40.9 Å². The van der Waals surface area contributed by atoms with Crippen LogP contribution in [0.25, 0.3) is 0 Å². The second-order valence-corrected chi connectivity index (χ2v) is 10.3. The van der Waals surface area contributed by atoms with Gasteiger partial charge in [0.25, 0.3) is 11.8 Å². The normalized spacial score (nSPS) is 20.3. The Labute approximate surface area is 207 Å². The van der Waals surface area contributed by atoms with Crippen LogP contribution in [0.3, 0.4) is 0 Å². The molecule has 2 aliphatic heterocycles. The summed E-state index contributed by atoms with van der Waals surface area (Å²) in [4.78, 5) is 59.2. The van der Waals surface area contributed by atoms with Crippen molar-refractivity contribution >= 4 is 69.4 Å². The number of oxime groups is 1. The molecule has 0 aromatic carbocycles. The quantitative estimate of drug-likeness (QED) is 0.206. The first-order valence-corrected chi connectivity index (χ1v) is 12.3. The summed E-state index contributed by atoms with van der Waals surface area (Å²) < 4.78 is 5.17. The van der Waals surface area contributed by atoms with Crippen molar-refractivity contribution in [2.75, 3.05) is 24.1 Å². The van der Waals surface area contributed by atoms with Crippen LogP contribution in [-0.2, 0) is 24.0 Å². The zero-order valence-corrected chi connectivity index (χ0v) is 21.0. The largest absolute Gasteiger partial charge is 0.477 e. The van der Waals surface area contributed by atoms with E-state index in [1.54, 1.807) is 20.8 Å². The zero-order valence-electron chi connectivity index (χ0n) is 18.6. The number of hydrogen-bond donors (Lipinski definition) is 3. The van der Waals surface area contributed by atoms with Gasteiger partial charge in [0.1, 0.15) is 35.5 Å². The monoisotopic (exact) mass is 531 g/mol. The Balaban J connectivity index is 1.72. The fraction of sp³-hybridized carbons (Fsp3) is 0.474. The third-order valence-corrected chi connectivity index (χ3v) is 6.87. The standard InChI is InChI=1S/C19H22ClN5O7S2/c1-19(2,3)32-18(30)23-17-21-9(7-34-17)10(24-31-4)13(26)22-11-14(27)25-12(16(28)29)8(5-20)6-33-15(11)25/h7,11,15H,5-6H2,1-4H3,(H,22,26)(H,28,29)(H,21,23,30)/t11-,15-/m1/s1. The first kappa shape index (κ1) is 25.8. The van der Waals surface area contributed by atoms with Crippen molar-refractivity contribution in [1.82, 2.24) is 15.2 Å². The molecule has 1 aromatic rings. The van der Waals surface area contributed by atoms with Crippen LogP contribution in [0.4, 0.5) is 9.93 Å². The van der Waals surface area contributed by atoms with E-state index in [0.29, 0.717) is 11.3 Å². The molecule has 3 amide bonds. The Morgan fingerprint density at radius 1 is 1.38 bits per heavy atom. The minimum atomic E-state index is -1.26. The number of ether oxygens (including phenoxy) is 1. The third-order valence-electron chi connectivity index (χ3n) is 4.45. The van der Waals surface area contributed by atoms with E-state index in [-0.39, 0.29) is 28.1 Å². The predicted molar refractivity (Wildman–Crippen MR) is 126 cm³/mol. The molecule has 0 radical (unpaired) electrons. The highest BCUT2D eigenvalue weighted by atomic mass is 35.5. The molecule has 0 unspecified atom stereocenters. The molecule has 0 bridgehead atoms. The van der Waals surface area contributed by atoms with Crippen molar-refractivity contribution in [3.63, 3.8) is 0 Å². The maximum absolute atomic E-state index is 12.9. The summed E-state index contributed by atoms with van der Waals surface area (Å²) in [5, 5.41) is 19.3. The Kier molecular flexibility index (Phi) is 7.73. The van der Waals surface area contributed by atoms with Crippen molar-refractivity contribution in [3.8, 4) is 0 Å². The highest BCUT2D eigenvalue weighted by Crippen LogP contribution is 2.40. The summed E-state index contributed by atoms with van der Waals surface area (Å²) in [5.74, 6) is -2.28. The lowest BCUT2D eigenvalue weighted by molar-refractivity contribution is -0.150. The Morgan fingerprint density at radius 3 is 2.68 bits per heavy atom. The number of fused-ring (bicyclic) bond motifs is 1. The van der Waals surface area contributed by atoms with E-state index in [9.17, 15) is 24.3 Å². The molecule has 1 fully saturated rings. The predicted octanol–water partition coefficient (Wildman–Crippen LogP) is 1.82. The maximum Gasteiger partial charge on any atom is 0.413 e. The number of alkyl halides is 1. The fourth-order valence-corrected chi connectivity index (χ4v) is 5.48. The average Bonchev–Trinajstić information content (AvgIpc) is 3.20. The smallest absolute Gasteiger partial charge is 0.413 e. The van der Waals surface area contributed by atoms with Gasteiger partial charge in [0.2, 0.25) is 0 Å². The molecule has 2 aliphatic rings. The number of thioether (sulfide) groups is 1. The summed E-state index contributed by atoms with van der Waals surface area (Å²) in [5.41, 5.74) is -0.544. The lowest BCUT2D eigenvalue weighted by Gasteiger charge is -2.49. The highest BCUT2D eigenvalue weighted by Gasteiger charge is 2.54. The minimum absolute atomic E-state index is 0.0176. The van der Waals surface area contributed by atoms with Gasteiger partial charge >= 0.3 is 12.1 Å². The van der Waals surface area contributed by atoms with Crippen LogP contribution < -0.4 is 10.6 Å². The van der Waals surface area contributed by atoms with Crippen molar-refractivity contribution in [2.45, 2.75) is 37.8 Å². The van der Waals surface area contributed by atoms with Crippen LogP contribution in [0.2, 0.25) is 0 Å². The lowest BCUT2D eigenvalue weighted by Crippen LogP contribution is -2.71. The molecule has 3 heterocycles. The van der Waals surface area contributed by atoms with Gasteiger partial charge in [-0.2, -0.15) is 0 Å². The fourth-order valence-electron chi connectivity index (χ4n) is 3.12. The number of nitrogens with one attached hydrogen (secondary N) is 2. The number of amides is 3. The molecule has 0 saturated carbocycles. The number of carbonyl (C=O) groups excluding carboxylic acids is 3. The van der Waals surface area contributed by atoms with Gasteiger partial charge in [-0.3, -0.25) is 19.8 Å². The molecule has 3 N–H and O–H groups in total. The van der Waals surface area contributed by atoms with E-state index in [4.69, 9.17) is 21.2 Å². The van der Waals surface area contributed by atoms with Gasteiger partial charge in [0.05, 0.1) is 0 Å². The number of anilines is 1. The van der Waals surface area contributed by atoms with Crippen LogP contribution in [0.15, 0.2) is 21.8 Å². The third kappa shape index (κ3) is 5.45. The number of thiazole rings is 1. The van der Waals surface area contributed by atoms with E-state index in [0.717, 1.165) is 16.2 Å². The molecule has 12 nitrogen and oxygen atoms in total. The molecule has 34 heavy (non-hydrogen) atoms. The molecular formula is C19H22ClN5O7S2. The van der Waals surface area contributed by atoms with E-state index >= 15 is 0 Å². The van der Waals surface area contributed by atoms with Crippen molar-refractivity contribution < 1.29 is 33.9 Å². The summed E-state index contributed by atoms with van der Waals surface area (Å²) in [6.45, 7) is 5.14. The van der Waals surface area contributed by atoms with Crippen LogP contribution >= 0.6 is 34.7 Å². The van der Waals surface area contributed by atoms with Gasteiger partial charge in [0.15, 0.2) is 10.8 Å². The molecule has 184 valence electrons. The van der Waals surface area contributed by atoms with Crippen molar-refractivity contribution in [2.24, 2.45) is 5.16 Å². The first-order valence-electron chi connectivity index (χ1n) is 9.80. The highest BCUT2D eigenvalue weighted by molar-refractivity contribution is 8.00. The zero-order chi connectivity index (χ0) is 25.2. The molecule has 1 aromatic heterocycles. The number of carbonyl (C=O) groups is 4. The number of carboxylic acid groups (broad SMARTS) is 1. The van der Waals surface area contributed by atoms with Crippen LogP contribution in [0.1, 0.15) is 26.5 Å².